The molecule has 1 aromatic rings. The van der Waals surface area contributed by atoms with Gasteiger partial charge in [-0.2, -0.15) is 0 Å². The van der Waals surface area contributed by atoms with E-state index in [1.807, 2.05) is 19.9 Å². The second-order valence-corrected chi connectivity index (χ2v) is 7.34. The van der Waals surface area contributed by atoms with E-state index in [0.717, 1.165) is 8.95 Å². The minimum absolute atomic E-state index is 0.110. The second kappa shape index (κ2) is 5.66. The van der Waals surface area contributed by atoms with Crippen LogP contribution >= 0.6 is 31.9 Å². The first-order valence-electron chi connectivity index (χ1n) is 6.29. The van der Waals surface area contributed by atoms with Crippen LogP contribution in [0.2, 0.25) is 0 Å². The summed E-state index contributed by atoms with van der Waals surface area (Å²) in [5.74, 6) is -0.396. The van der Waals surface area contributed by atoms with E-state index in [0.29, 0.717) is 17.7 Å². The molecule has 1 fully saturated rings. The highest BCUT2D eigenvalue weighted by Crippen LogP contribution is 2.44. The molecule has 1 aliphatic rings. The third-order valence-electron chi connectivity index (χ3n) is 3.99. The quantitative estimate of drug-likeness (QED) is 0.753. The van der Waals surface area contributed by atoms with Crippen molar-refractivity contribution in [3.63, 3.8) is 0 Å². The van der Waals surface area contributed by atoms with Gasteiger partial charge in [-0.25, -0.2) is 4.79 Å². The molecule has 110 valence electrons. The molecule has 2 atom stereocenters. The van der Waals surface area contributed by atoms with Crippen molar-refractivity contribution in [2.24, 2.45) is 5.41 Å². The minimum atomic E-state index is -0.396. The van der Waals surface area contributed by atoms with Crippen LogP contribution in [0.5, 0.6) is 0 Å². The third-order valence-corrected chi connectivity index (χ3v) is 5.08. The molecular formula is C14H17Br2NO3. The Labute approximate surface area is 135 Å². The molecule has 1 saturated carbocycles. The lowest BCUT2D eigenvalue weighted by Crippen LogP contribution is -2.57. The van der Waals surface area contributed by atoms with Crippen molar-refractivity contribution in [3.05, 3.63) is 26.6 Å². The number of anilines is 1. The van der Waals surface area contributed by atoms with Crippen LogP contribution in [0.3, 0.4) is 0 Å². The number of methoxy groups -OCH3 is 1. The van der Waals surface area contributed by atoms with Crippen molar-refractivity contribution >= 4 is 43.5 Å². The number of aliphatic hydroxyl groups excluding tert-OH is 1. The molecule has 4 nitrogen and oxygen atoms in total. The molecule has 20 heavy (non-hydrogen) atoms. The molecule has 0 bridgehead atoms. The van der Waals surface area contributed by atoms with Crippen LogP contribution in [-0.2, 0) is 4.74 Å². The van der Waals surface area contributed by atoms with Gasteiger partial charge in [0.2, 0.25) is 0 Å². The van der Waals surface area contributed by atoms with Crippen LogP contribution in [0.1, 0.15) is 30.6 Å². The maximum absolute atomic E-state index is 11.9. The zero-order valence-electron chi connectivity index (χ0n) is 11.5. The summed E-state index contributed by atoms with van der Waals surface area (Å²) in [4.78, 5) is 11.9. The van der Waals surface area contributed by atoms with Crippen LogP contribution in [0.4, 0.5) is 5.69 Å². The summed E-state index contributed by atoms with van der Waals surface area (Å²) in [5.41, 5.74) is 0.941. The van der Waals surface area contributed by atoms with Gasteiger partial charge < -0.3 is 15.2 Å². The maximum atomic E-state index is 11.9. The summed E-state index contributed by atoms with van der Waals surface area (Å²) < 4.78 is 6.40. The molecule has 1 aromatic carbocycles. The predicted octanol–water partition coefficient (Wildman–Crippen LogP) is 3.57. The molecule has 0 amide bonds. The number of ether oxygens (including phenoxy) is 1. The Bertz CT molecular complexity index is 545. The molecule has 2 unspecified atom stereocenters. The van der Waals surface area contributed by atoms with Gasteiger partial charge in [0.15, 0.2) is 0 Å². The molecule has 2 N–H and O–H groups in total. The summed E-state index contributed by atoms with van der Waals surface area (Å²) in [6, 6.07) is 3.70. The molecular weight excluding hydrogens is 390 g/mol. The third kappa shape index (κ3) is 2.73. The number of aliphatic hydroxyl groups is 1. The van der Waals surface area contributed by atoms with E-state index >= 15 is 0 Å². The normalized spacial score (nSPS) is 23.9. The topological polar surface area (TPSA) is 58.6 Å². The summed E-state index contributed by atoms with van der Waals surface area (Å²) in [6.07, 6.45) is 0.339. The Morgan fingerprint density at radius 3 is 2.60 bits per heavy atom. The second-order valence-electron chi connectivity index (χ2n) is 5.57. The Morgan fingerprint density at radius 2 is 2.10 bits per heavy atom. The first kappa shape index (κ1) is 15.8. The van der Waals surface area contributed by atoms with E-state index in [-0.39, 0.29) is 17.6 Å². The van der Waals surface area contributed by atoms with E-state index in [1.54, 1.807) is 6.07 Å². The van der Waals surface area contributed by atoms with Crippen molar-refractivity contribution in [1.29, 1.82) is 0 Å². The van der Waals surface area contributed by atoms with Crippen LogP contribution < -0.4 is 5.32 Å². The van der Waals surface area contributed by atoms with Crippen molar-refractivity contribution in [2.45, 2.75) is 32.4 Å². The number of rotatable bonds is 3. The predicted molar refractivity (Wildman–Crippen MR) is 85.0 cm³/mol. The van der Waals surface area contributed by atoms with Crippen molar-refractivity contribution < 1.29 is 14.6 Å². The lowest BCUT2D eigenvalue weighted by molar-refractivity contribution is -0.0510. The number of halogens is 2. The van der Waals surface area contributed by atoms with E-state index in [1.165, 1.54) is 7.11 Å². The van der Waals surface area contributed by atoms with Gasteiger partial charge in [-0.3, -0.25) is 0 Å². The number of esters is 1. The Kier molecular flexibility index (Phi) is 4.47. The summed E-state index contributed by atoms with van der Waals surface area (Å²) >= 11 is 6.84. The standard InChI is InChI=1S/C14H17Br2NO3/c1-14(2)10(6-11(14)18)17-12-8(13(19)20-3)4-7(15)5-9(12)16/h4-5,10-11,17-18H,6H2,1-3H3. The Morgan fingerprint density at radius 1 is 1.45 bits per heavy atom. The van der Waals surface area contributed by atoms with E-state index in [9.17, 15) is 9.90 Å². The van der Waals surface area contributed by atoms with E-state index in [4.69, 9.17) is 4.74 Å². The zero-order valence-corrected chi connectivity index (χ0v) is 14.7. The number of carbonyl (C=O) groups excluding carboxylic acids is 1. The van der Waals surface area contributed by atoms with Gasteiger partial charge in [-0.05, 0) is 34.5 Å². The number of nitrogens with one attached hydrogen (secondary N) is 1. The maximum Gasteiger partial charge on any atom is 0.340 e. The molecule has 0 heterocycles. The molecule has 0 saturated heterocycles. The average molecular weight is 407 g/mol. The number of hydrogen-bond acceptors (Lipinski definition) is 4. The van der Waals surface area contributed by atoms with Crippen LogP contribution in [0, 0.1) is 5.41 Å². The Hall–Kier alpha value is -0.590. The Balaban J connectivity index is 2.34. The van der Waals surface area contributed by atoms with Gasteiger partial charge in [0.1, 0.15) is 0 Å². The molecule has 0 aliphatic heterocycles. The minimum Gasteiger partial charge on any atom is -0.465 e. The zero-order chi connectivity index (χ0) is 15.1. The van der Waals surface area contributed by atoms with Crippen LogP contribution in [0.25, 0.3) is 0 Å². The number of hydrogen-bond donors (Lipinski definition) is 2. The lowest BCUT2D eigenvalue weighted by Gasteiger charge is -2.50. The highest BCUT2D eigenvalue weighted by Gasteiger charge is 2.47. The van der Waals surface area contributed by atoms with Gasteiger partial charge in [-0.1, -0.05) is 29.8 Å². The van der Waals surface area contributed by atoms with E-state index in [2.05, 4.69) is 37.2 Å². The fourth-order valence-electron chi connectivity index (χ4n) is 2.31. The number of benzene rings is 1. The molecule has 6 heteroatoms. The highest BCUT2D eigenvalue weighted by molar-refractivity contribution is 9.11. The van der Waals surface area contributed by atoms with Crippen LogP contribution in [-0.4, -0.2) is 30.3 Å². The SMILES string of the molecule is COC(=O)c1cc(Br)cc(Br)c1NC1CC(O)C1(C)C. The molecule has 1 aliphatic carbocycles. The highest BCUT2D eigenvalue weighted by atomic mass is 79.9. The molecule has 0 aromatic heterocycles. The first-order valence-corrected chi connectivity index (χ1v) is 7.88. The molecule has 2 rings (SSSR count). The molecule has 0 radical (unpaired) electrons. The smallest absolute Gasteiger partial charge is 0.340 e. The fraction of sp³-hybridized carbons (Fsp3) is 0.500. The van der Waals surface area contributed by atoms with Crippen molar-refractivity contribution in [3.8, 4) is 0 Å². The lowest BCUT2D eigenvalue weighted by atomic mass is 9.64. The number of carbonyl (C=O) groups is 1. The van der Waals surface area contributed by atoms with Crippen LogP contribution in [0.15, 0.2) is 21.1 Å². The van der Waals surface area contributed by atoms with Gasteiger partial charge in [0.25, 0.3) is 0 Å². The first-order chi connectivity index (χ1) is 9.27. The monoisotopic (exact) mass is 405 g/mol. The van der Waals surface area contributed by atoms with Gasteiger partial charge >= 0.3 is 5.97 Å². The van der Waals surface area contributed by atoms with Gasteiger partial charge in [0, 0.05) is 20.4 Å². The molecule has 0 spiro atoms. The van der Waals surface area contributed by atoms with Gasteiger partial charge in [-0.15, -0.1) is 0 Å². The summed E-state index contributed by atoms with van der Waals surface area (Å²) in [7, 11) is 1.36. The summed E-state index contributed by atoms with van der Waals surface area (Å²) in [5, 5.41) is 13.2. The van der Waals surface area contributed by atoms with Gasteiger partial charge in [0.05, 0.1) is 24.5 Å². The largest absolute Gasteiger partial charge is 0.465 e. The van der Waals surface area contributed by atoms with Crippen molar-refractivity contribution in [1.82, 2.24) is 0 Å². The summed E-state index contributed by atoms with van der Waals surface area (Å²) in [6.45, 7) is 4.01. The average Bonchev–Trinajstić information content (AvgIpc) is 2.39. The van der Waals surface area contributed by atoms with Crippen molar-refractivity contribution in [2.75, 3.05) is 12.4 Å². The van der Waals surface area contributed by atoms with E-state index < -0.39 is 5.97 Å². The fourth-order valence-corrected chi connectivity index (χ4v) is 3.65.